The van der Waals surface area contributed by atoms with Crippen LogP contribution in [0.25, 0.3) is 0 Å². The number of urea groups is 1. The molecule has 4 nitrogen and oxygen atoms in total. The van der Waals surface area contributed by atoms with Crippen LogP contribution in [-0.4, -0.2) is 44.0 Å². The van der Waals surface area contributed by atoms with Crippen LogP contribution >= 0.6 is 11.8 Å². The fraction of sp³-hybridized carbons (Fsp3) is 0.588. The monoisotopic (exact) mass is 322 g/mol. The first-order valence-electron chi connectivity index (χ1n) is 7.88. The molecule has 0 saturated carbocycles. The van der Waals surface area contributed by atoms with Crippen molar-refractivity contribution in [1.29, 1.82) is 0 Å². The standard InChI is InChI=1S/C17H26N2O2S/c1-19(12-15-5-3-7-16(11-15)22-2)17(20)18-9-4-6-14-8-10-21-13-14/h3,5,7,11,14H,4,6,8-10,12-13H2,1-2H3,(H,18,20)/t14-/m1/s1. The molecule has 1 atom stereocenters. The molecule has 0 spiro atoms. The fourth-order valence-electron chi connectivity index (χ4n) is 2.65. The van der Waals surface area contributed by atoms with Crippen molar-refractivity contribution in [2.45, 2.75) is 30.7 Å². The Kier molecular flexibility index (Phi) is 7.06. The van der Waals surface area contributed by atoms with Gasteiger partial charge in [0.15, 0.2) is 0 Å². The second-order valence-corrected chi connectivity index (χ2v) is 6.69. The number of ether oxygens (including phenoxy) is 1. The van der Waals surface area contributed by atoms with Gasteiger partial charge in [0.2, 0.25) is 0 Å². The molecular formula is C17H26N2O2S. The normalized spacial score (nSPS) is 17.5. The molecule has 2 rings (SSSR count). The number of hydrogen-bond donors (Lipinski definition) is 1. The molecule has 5 heteroatoms. The Hall–Kier alpha value is -1.20. The Morgan fingerprint density at radius 1 is 1.50 bits per heavy atom. The lowest BCUT2D eigenvalue weighted by molar-refractivity contribution is 0.183. The Morgan fingerprint density at radius 3 is 3.09 bits per heavy atom. The molecule has 122 valence electrons. The highest BCUT2D eigenvalue weighted by atomic mass is 32.2. The smallest absolute Gasteiger partial charge is 0.317 e. The zero-order valence-corrected chi connectivity index (χ0v) is 14.3. The quantitative estimate of drug-likeness (QED) is 0.618. The third-order valence-corrected chi connectivity index (χ3v) is 4.72. The Labute approximate surface area is 137 Å². The van der Waals surface area contributed by atoms with Gasteiger partial charge in [-0.15, -0.1) is 11.8 Å². The number of benzene rings is 1. The highest BCUT2D eigenvalue weighted by molar-refractivity contribution is 7.98. The van der Waals surface area contributed by atoms with Crippen LogP contribution in [0.2, 0.25) is 0 Å². The second kappa shape index (κ2) is 9.06. The average molecular weight is 322 g/mol. The molecule has 0 bridgehead atoms. The van der Waals surface area contributed by atoms with Gasteiger partial charge in [0.1, 0.15) is 0 Å². The third kappa shape index (κ3) is 5.54. The SMILES string of the molecule is CSc1cccc(CN(C)C(=O)NCCC[C@@H]2CCOC2)c1. The van der Waals surface area contributed by atoms with Crippen molar-refractivity contribution >= 4 is 17.8 Å². The Balaban J connectivity index is 1.67. The van der Waals surface area contributed by atoms with Gasteiger partial charge in [0.05, 0.1) is 0 Å². The summed E-state index contributed by atoms with van der Waals surface area (Å²) < 4.78 is 5.36. The van der Waals surface area contributed by atoms with Gasteiger partial charge in [-0.2, -0.15) is 0 Å². The lowest BCUT2D eigenvalue weighted by Gasteiger charge is -2.18. The first-order valence-corrected chi connectivity index (χ1v) is 9.11. The number of carbonyl (C=O) groups excluding carboxylic acids is 1. The van der Waals surface area contributed by atoms with E-state index in [4.69, 9.17) is 4.74 Å². The summed E-state index contributed by atoms with van der Waals surface area (Å²) >= 11 is 1.72. The molecule has 1 aliphatic rings. The predicted octanol–water partition coefficient (Wildman–Crippen LogP) is 3.37. The molecule has 0 aliphatic carbocycles. The number of nitrogens with zero attached hydrogens (tertiary/aromatic N) is 1. The Bertz CT molecular complexity index is 475. The summed E-state index contributed by atoms with van der Waals surface area (Å²) in [7, 11) is 1.84. The summed E-state index contributed by atoms with van der Waals surface area (Å²) in [6, 6.07) is 8.31. The van der Waals surface area contributed by atoms with Crippen molar-refractivity contribution in [3.63, 3.8) is 0 Å². The van der Waals surface area contributed by atoms with Crippen molar-refractivity contribution in [1.82, 2.24) is 10.2 Å². The highest BCUT2D eigenvalue weighted by Gasteiger charge is 2.15. The van der Waals surface area contributed by atoms with Crippen molar-refractivity contribution in [3.8, 4) is 0 Å². The maximum atomic E-state index is 12.1. The van der Waals surface area contributed by atoms with Crippen molar-refractivity contribution in [2.24, 2.45) is 5.92 Å². The van der Waals surface area contributed by atoms with Crippen molar-refractivity contribution in [3.05, 3.63) is 29.8 Å². The number of amides is 2. The zero-order valence-electron chi connectivity index (χ0n) is 13.5. The maximum absolute atomic E-state index is 12.1. The van der Waals surface area contributed by atoms with Crippen LogP contribution in [0.15, 0.2) is 29.2 Å². The van der Waals surface area contributed by atoms with Crippen LogP contribution in [0.1, 0.15) is 24.8 Å². The lowest BCUT2D eigenvalue weighted by atomic mass is 10.0. The van der Waals surface area contributed by atoms with Crippen molar-refractivity contribution < 1.29 is 9.53 Å². The van der Waals surface area contributed by atoms with E-state index in [1.807, 2.05) is 13.1 Å². The average Bonchev–Trinajstić information content (AvgIpc) is 3.04. The molecule has 1 heterocycles. The van der Waals surface area contributed by atoms with Gasteiger partial charge < -0.3 is 15.0 Å². The molecule has 1 aliphatic heterocycles. The number of carbonyl (C=O) groups is 1. The minimum Gasteiger partial charge on any atom is -0.381 e. The highest BCUT2D eigenvalue weighted by Crippen LogP contribution is 2.18. The van der Waals surface area contributed by atoms with E-state index >= 15 is 0 Å². The van der Waals surface area contributed by atoms with E-state index in [-0.39, 0.29) is 6.03 Å². The first-order chi connectivity index (χ1) is 10.7. The second-order valence-electron chi connectivity index (χ2n) is 5.81. The van der Waals surface area contributed by atoms with Crippen LogP contribution < -0.4 is 5.32 Å². The van der Waals surface area contributed by atoms with E-state index in [1.165, 1.54) is 11.3 Å². The first kappa shape index (κ1) is 17.2. The van der Waals surface area contributed by atoms with E-state index in [1.54, 1.807) is 16.7 Å². The summed E-state index contributed by atoms with van der Waals surface area (Å²) in [5, 5.41) is 3.00. The lowest BCUT2D eigenvalue weighted by Crippen LogP contribution is -2.37. The molecule has 0 aromatic heterocycles. The minimum absolute atomic E-state index is 0.00257. The van der Waals surface area contributed by atoms with Gasteiger partial charge in [-0.05, 0) is 49.1 Å². The molecular weight excluding hydrogens is 296 g/mol. The predicted molar refractivity (Wildman–Crippen MR) is 91.2 cm³/mol. The number of rotatable bonds is 7. The van der Waals surface area contributed by atoms with Crippen LogP contribution in [0.4, 0.5) is 4.79 Å². The van der Waals surface area contributed by atoms with Gasteiger partial charge in [-0.1, -0.05) is 12.1 Å². The Morgan fingerprint density at radius 2 is 2.36 bits per heavy atom. The maximum Gasteiger partial charge on any atom is 0.317 e. The van der Waals surface area contributed by atoms with E-state index in [2.05, 4.69) is 29.8 Å². The van der Waals surface area contributed by atoms with Gasteiger partial charge in [-0.3, -0.25) is 0 Å². The van der Waals surface area contributed by atoms with Gasteiger partial charge in [0, 0.05) is 38.2 Å². The van der Waals surface area contributed by atoms with Crippen LogP contribution in [-0.2, 0) is 11.3 Å². The minimum atomic E-state index is -0.00257. The number of thioether (sulfide) groups is 1. The van der Waals surface area contributed by atoms with Crippen LogP contribution in [0, 0.1) is 5.92 Å². The molecule has 2 amide bonds. The molecule has 1 aromatic carbocycles. The fourth-order valence-corrected chi connectivity index (χ4v) is 3.13. The largest absolute Gasteiger partial charge is 0.381 e. The third-order valence-electron chi connectivity index (χ3n) is 3.99. The van der Waals surface area contributed by atoms with E-state index in [0.717, 1.165) is 38.2 Å². The summed E-state index contributed by atoms with van der Waals surface area (Å²) in [5.41, 5.74) is 1.16. The van der Waals surface area contributed by atoms with Crippen LogP contribution in [0.3, 0.4) is 0 Å². The van der Waals surface area contributed by atoms with Gasteiger partial charge in [0.25, 0.3) is 0 Å². The van der Waals surface area contributed by atoms with E-state index in [0.29, 0.717) is 12.5 Å². The molecule has 22 heavy (non-hydrogen) atoms. The number of hydrogen-bond acceptors (Lipinski definition) is 3. The summed E-state index contributed by atoms with van der Waals surface area (Å²) in [6.45, 7) is 3.16. The summed E-state index contributed by atoms with van der Waals surface area (Å²) in [4.78, 5) is 15.0. The topological polar surface area (TPSA) is 41.6 Å². The molecule has 0 unspecified atom stereocenters. The van der Waals surface area contributed by atoms with E-state index < -0.39 is 0 Å². The van der Waals surface area contributed by atoms with Crippen LogP contribution in [0.5, 0.6) is 0 Å². The summed E-state index contributed by atoms with van der Waals surface area (Å²) in [6.07, 6.45) is 5.39. The van der Waals surface area contributed by atoms with Gasteiger partial charge >= 0.3 is 6.03 Å². The number of nitrogens with one attached hydrogen (secondary N) is 1. The van der Waals surface area contributed by atoms with E-state index in [9.17, 15) is 4.79 Å². The molecule has 1 fully saturated rings. The van der Waals surface area contributed by atoms with Crippen molar-refractivity contribution in [2.75, 3.05) is 33.1 Å². The molecule has 1 saturated heterocycles. The summed E-state index contributed by atoms with van der Waals surface area (Å²) in [5.74, 6) is 0.684. The molecule has 1 aromatic rings. The van der Waals surface area contributed by atoms with Gasteiger partial charge in [-0.25, -0.2) is 4.79 Å². The molecule has 0 radical (unpaired) electrons. The molecule has 1 N–H and O–H groups in total. The zero-order chi connectivity index (χ0) is 15.8.